The molecule has 2 amide bonds. The number of hydrogen-bond donors (Lipinski definition) is 1. The average Bonchev–Trinajstić information content (AvgIpc) is 2.57. The quantitative estimate of drug-likeness (QED) is 0.795. The summed E-state index contributed by atoms with van der Waals surface area (Å²) >= 11 is 0. The van der Waals surface area contributed by atoms with Crippen LogP contribution in [0.25, 0.3) is 0 Å². The number of ether oxygens (including phenoxy) is 1. The molecule has 1 saturated heterocycles. The third-order valence-corrected chi connectivity index (χ3v) is 4.11. The Bertz CT molecular complexity index is 743. The van der Waals surface area contributed by atoms with Crippen molar-refractivity contribution in [2.45, 2.75) is 25.8 Å². The topological polar surface area (TPSA) is 103 Å². The number of nitrogens with one attached hydrogen (secondary N) is 1. The summed E-state index contributed by atoms with van der Waals surface area (Å²) < 4.78 is 7.03. The van der Waals surface area contributed by atoms with Gasteiger partial charge >= 0.3 is 11.8 Å². The smallest absolute Gasteiger partial charge is 0.409 e. The summed E-state index contributed by atoms with van der Waals surface area (Å²) in [5.41, 5.74) is -1.05. The zero-order valence-electron chi connectivity index (χ0n) is 14.1. The maximum Gasteiger partial charge on any atom is 0.409 e. The molecule has 9 nitrogen and oxygen atoms in total. The van der Waals surface area contributed by atoms with E-state index in [0.717, 1.165) is 15.2 Å². The summed E-state index contributed by atoms with van der Waals surface area (Å²) in [7, 11) is 2.80. The third-order valence-electron chi connectivity index (χ3n) is 4.11. The Hall–Kier alpha value is -2.58. The molecule has 1 aliphatic heterocycles. The summed E-state index contributed by atoms with van der Waals surface area (Å²) in [6.07, 6.45) is 0.823. The molecule has 0 radical (unpaired) electrons. The maximum atomic E-state index is 12.3. The van der Waals surface area contributed by atoms with Gasteiger partial charge in [0.1, 0.15) is 5.69 Å². The Morgan fingerprint density at radius 2 is 1.83 bits per heavy atom. The first-order valence-corrected chi connectivity index (χ1v) is 7.84. The fraction of sp³-hybridized carbons (Fsp3) is 0.600. The van der Waals surface area contributed by atoms with Gasteiger partial charge in [-0.25, -0.2) is 9.59 Å². The highest BCUT2D eigenvalue weighted by Gasteiger charge is 2.25. The van der Waals surface area contributed by atoms with Crippen LogP contribution in [0.5, 0.6) is 0 Å². The van der Waals surface area contributed by atoms with Crippen molar-refractivity contribution < 1.29 is 14.3 Å². The van der Waals surface area contributed by atoms with Crippen LogP contribution in [0.4, 0.5) is 4.79 Å². The zero-order chi connectivity index (χ0) is 17.9. The van der Waals surface area contributed by atoms with Crippen molar-refractivity contribution in [3.8, 4) is 0 Å². The molecule has 132 valence electrons. The van der Waals surface area contributed by atoms with Gasteiger partial charge in [-0.3, -0.25) is 18.7 Å². The van der Waals surface area contributed by atoms with Crippen molar-refractivity contribution in [1.82, 2.24) is 19.4 Å². The van der Waals surface area contributed by atoms with E-state index in [2.05, 4.69) is 5.32 Å². The molecule has 1 aromatic rings. The number of nitrogens with zero attached hydrogens (tertiary/aromatic N) is 3. The molecule has 0 aromatic carbocycles. The van der Waals surface area contributed by atoms with E-state index in [4.69, 9.17) is 4.74 Å². The number of carbonyl (C=O) groups is 2. The number of amides is 2. The van der Waals surface area contributed by atoms with E-state index < -0.39 is 17.2 Å². The number of piperidine rings is 1. The van der Waals surface area contributed by atoms with Gasteiger partial charge in [-0.05, 0) is 19.8 Å². The molecular weight excluding hydrogens is 316 g/mol. The second-order valence-electron chi connectivity index (χ2n) is 5.70. The van der Waals surface area contributed by atoms with Gasteiger partial charge in [-0.2, -0.15) is 0 Å². The highest BCUT2D eigenvalue weighted by molar-refractivity contribution is 5.92. The van der Waals surface area contributed by atoms with E-state index in [0.29, 0.717) is 32.5 Å². The van der Waals surface area contributed by atoms with E-state index in [1.54, 1.807) is 11.8 Å². The summed E-state index contributed by atoms with van der Waals surface area (Å²) in [5, 5.41) is 2.82. The van der Waals surface area contributed by atoms with E-state index in [1.165, 1.54) is 14.1 Å². The molecule has 1 N–H and O–H groups in total. The van der Waals surface area contributed by atoms with Gasteiger partial charge in [-0.15, -0.1) is 0 Å². The van der Waals surface area contributed by atoms with Crippen LogP contribution in [-0.4, -0.2) is 51.8 Å². The van der Waals surface area contributed by atoms with Crippen LogP contribution in [0.15, 0.2) is 15.7 Å². The summed E-state index contributed by atoms with van der Waals surface area (Å²) in [6, 6.07) is 1.02. The molecule has 0 atom stereocenters. The molecule has 2 rings (SSSR count). The zero-order valence-corrected chi connectivity index (χ0v) is 14.1. The Morgan fingerprint density at radius 1 is 1.21 bits per heavy atom. The maximum absolute atomic E-state index is 12.3. The van der Waals surface area contributed by atoms with Crippen LogP contribution in [0.2, 0.25) is 0 Å². The second-order valence-corrected chi connectivity index (χ2v) is 5.70. The molecule has 0 aliphatic carbocycles. The first kappa shape index (κ1) is 17.8. The number of carbonyl (C=O) groups excluding carboxylic acids is 2. The number of rotatable bonds is 3. The van der Waals surface area contributed by atoms with E-state index in [9.17, 15) is 19.2 Å². The molecule has 0 bridgehead atoms. The molecule has 1 aliphatic rings. The predicted molar refractivity (Wildman–Crippen MR) is 86.0 cm³/mol. The monoisotopic (exact) mass is 338 g/mol. The minimum absolute atomic E-state index is 0.0240. The van der Waals surface area contributed by atoms with Crippen molar-refractivity contribution in [2.24, 2.45) is 14.1 Å². The van der Waals surface area contributed by atoms with E-state index in [1.807, 2.05) is 0 Å². The lowest BCUT2D eigenvalue weighted by molar-refractivity contribution is 0.0853. The van der Waals surface area contributed by atoms with Crippen molar-refractivity contribution in [1.29, 1.82) is 0 Å². The van der Waals surface area contributed by atoms with Crippen LogP contribution in [0.1, 0.15) is 30.3 Å². The van der Waals surface area contributed by atoms with Gasteiger partial charge < -0.3 is 15.0 Å². The molecule has 24 heavy (non-hydrogen) atoms. The van der Waals surface area contributed by atoms with Gasteiger partial charge in [0.2, 0.25) is 0 Å². The first-order chi connectivity index (χ1) is 11.3. The largest absolute Gasteiger partial charge is 0.450 e. The van der Waals surface area contributed by atoms with E-state index >= 15 is 0 Å². The molecule has 0 unspecified atom stereocenters. The Balaban J connectivity index is 2.01. The fourth-order valence-corrected chi connectivity index (χ4v) is 2.63. The molecule has 1 fully saturated rings. The normalized spacial score (nSPS) is 15.2. The van der Waals surface area contributed by atoms with Crippen molar-refractivity contribution in [2.75, 3.05) is 19.7 Å². The average molecular weight is 338 g/mol. The number of likely N-dealkylation sites (tertiary alicyclic amines) is 1. The number of aromatic nitrogens is 2. The van der Waals surface area contributed by atoms with E-state index in [-0.39, 0.29) is 17.8 Å². The first-order valence-electron chi connectivity index (χ1n) is 7.84. The molecule has 0 saturated carbocycles. The molecule has 1 aromatic heterocycles. The Morgan fingerprint density at radius 3 is 2.42 bits per heavy atom. The van der Waals surface area contributed by atoms with Crippen LogP contribution in [-0.2, 0) is 18.8 Å². The van der Waals surface area contributed by atoms with Crippen molar-refractivity contribution in [3.63, 3.8) is 0 Å². The molecule has 0 spiro atoms. The lowest BCUT2D eigenvalue weighted by Gasteiger charge is -2.31. The van der Waals surface area contributed by atoms with Crippen LogP contribution >= 0.6 is 0 Å². The van der Waals surface area contributed by atoms with Crippen molar-refractivity contribution in [3.05, 3.63) is 32.6 Å². The highest BCUT2D eigenvalue weighted by Crippen LogP contribution is 2.12. The molecular formula is C15H22N4O5. The standard InChI is InChI=1S/C15H22N4O5/c1-4-24-15(23)19-7-5-10(6-8-19)16-13(21)11-9-12(20)18(3)14(22)17(11)2/h9-10H,4-8H2,1-3H3,(H,16,21). The van der Waals surface area contributed by atoms with Crippen LogP contribution < -0.4 is 16.6 Å². The van der Waals surface area contributed by atoms with Crippen molar-refractivity contribution >= 4 is 12.0 Å². The minimum atomic E-state index is -0.551. The molecule has 2 heterocycles. The minimum Gasteiger partial charge on any atom is -0.450 e. The van der Waals surface area contributed by atoms with Gasteiger partial charge in [-0.1, -0.05) is 0 Å². The fourth-order valence-electron chi connectivity index (χ4n) is 2.63. The van der Waals surface area contributed by atoms with Crippen LogP contribution in [0, 0.1) is 0 Å². The third kappa shape index (κ3) is 3.66. The van der Waals surface area contributed by atoms with Gasteiger partial charge in [0.05, 0.1) is 6.61 Å². The highest BCUT2D eigenvalue weighted by atomic mass is 16.6. The van der Waals surface area contributed by atoms with Crippen LogP contribution in [0.3, 0.4) is 0 Å². The Kier molecular flexibility index (Phi) is 5.42. The summed E-state index contributed by atoms with van der Waals surface area (Å²) in [5.74, 6) is -0.470. The van der Waals surface area contributed by atoms with Gasteiger partial charge in [0.25, 0.3) is 11.5 Å². The van der Waals surface area contributed by atoms with Gasteiger partial charge in [0.15, 0.2) is 0 Å². The second kappa shape index (κ2) is 7.33. The Labute approximate surface area is 138 Å². The van der Waals surface area contributed by atoms with Gasteiger partial charge in [0, 0.05) is 39.3 Å². The lowest BCUT2D eigenvalue weighted by atomic mass is 10.1. The molecule has 9 heteroatoms. The SMILES string of the molecule is CCOC(=O)N1CCC(NC(=O)c2cc(=O)n(C)c(=O)n2C)CC1. The summed E-state index contributed by atoms with van der Waals surface area (Å²) in [6.45, 7) is 3.05. The summed E-state index contributed by atoms with van der Waals surface area (Å²) in [4.78, 5) is 49.2. The predicted octanol–water partition coefficient (Wildman–Crippen LogP) is -0.565. The number of hydrogen-bond acceptors (Lipinski definition) is 5. The lowest BCUT2D eigenvalue weighted by Crippen LogP contribution is -2.48.